The van der Waals surface area contributed by atoms with Gasteiger partial charge in [0.1, 0.15) is 17.6 Å². The number of thiazole rings is 1. The number of nitrogens with zero attached hydrogens (tertiary/aromatic N) is 2. The first-order chi connectivity index (χ1) is 20.4. The van der Waals surface area contributed by atoms with E-state index in [0.717, 1.165) is 28.0 Å². The third-order valence-corrected chi connectivity index (χ3v) is 10.9. The largest absolute Gasteiger partial charge is 0.325 e. The molecule has 3 atom stereocenters. The lowest BCUT2D eigenvalue weighted by atomic mass is 9.83. The third kappa shape index (κ3) is 5.40. The summed E-state index contributed by atoms with van der Waals surface area (Å²) in [5.74, 6) is -3.64. The van der Waals surface area contributed by atoms with Gasteiger partial charge in [-0.3, -0.25) is 23.7 Å². The van der Waals surface area contributed by atoms with Crippen LogP contribution in [0.5, 0.6) is 0 Å². The predicted molar refractivity (Wildman–Crippen MR) is 160 cm³/mol. The summed E-state index contributed by atoms with van der Waals surface area (Å²) in [6.07, 6.45) is 0. The van der Waals surface area contributed by atoms with E-state index in [4.69, 9.17) is 16.7 Å². The molecule has 3 unspecified atom stereocenters. The fourth-order valence-electron chi connectivity index (χ4n) is 5.20. The zero-order chi connectivity index (χ0) is 30.6. The lowest BCUT2D eigenvalue weighted by Crippen LogP contribution is -2.33. The Morgan fingerprint density at radius 1 is 0.953 bits per heavy atom. The molecule has 0 bridgehead atoms. The molecule has 0 spiro atoms. The Hall–Kier alpha value is -3.82. The zero-order valence-electron chi connectivity index (χ0n) is 21.8. The van der Waals surface area contributed by atoms with Gasteiger partial charge in [-0.2, -0.15) is 0 Å². The number of rotatable bonds is 6. The first kappa shape index (κ1) is 29.3. The maximum atomic E-state index is 13.9. The van der Waals surface area contributed by atoms with Crippen molar-refractivity contribution in [2.24, 2.45) is 11.1 Å². The van der Waals surface area contributed by atoms with Crippen molar-refractivity contribution in [3.63, 3.8) is 0 Å². The molecule has 3 aromatic carbocycles. The molecular formula is C28H20ClFN4O6S3. The van der Waals surface area contributed by atoms with Gasteiger partial charge in [0.05, 0.1) is 21.5 Å². The standard InChI is InChI=1S/C28H20ClFN4O6S3/c29-15-3-9-18(10-4-15)34-25(36)22-21(14-1-5-16(30)6-2-14)24-27(41-23(22)26(34)37)33(28(38)42-24)13-20(35)32-17-7-11-19(12-8-17)43(31,39)40/h1-12,21-23H,13H2,(H,32,35)(H2,31,39,40). The second-order valence-electron chi connectivity index (χ2n) is 9.82. The minimum atomic E-state index is -3.92. The molecule has 1 aromatic heterocycles. The number of hydrogen-bond donors (Lipinski definition) is 2. The SMILES string of the molecule is NS(=O)(=O)c1ccc(NC(=O)Cn2c3c(sc2=O)C(c2ccc(F)cc2)C2C(=O)N(c4ccc(Cl)cc4)C(=O)C2S3)cc1. The summed E-state index contributed by atoms with van der Waals surface area (Å²) in [4.78, 5) is 54.8. The number of amides is 3. The molecular weight excluding hydrogens is 639 g/mol. The first-order valence-electron chi connectivity index (χ1n) is 12.6. The van der Waals surface area contributed by atoms with E-state index in [1.807, 2.05) is 0 Å². The van der Waals surface area contributed by atoms with Gasteiger partial charge < -0.3 is 5.32 Å². The monoisotopic (exact) mass is 658 g/mol. The molecule has 2 aliphatic heterocycles. The Morgan fingerprint density at radius 2 is 1.60 bits per heavy atom. The Morgan fingerprint density at radius 3 is 2.23 bits per heavy atom. The van der Waals surface area contributed by atoms with E-state index in [0.29, 0.717) is 26.2 Å². The fraction of sp³-hybridized carbons (Fsp3) is 0.143. The highest BCUT2D eigenvalue weighted by Gasteiger charge is 2.56. The molecule has 43 heavy (non-hydrogen) atoms. The molecule has 220 valence electrons. The summed E-state index contributed by atoms with van der Waals surface area (Å²) < 4.78 is 38.1. The summed E-state index contributed by atoms with van der Waals surface area (Å²) in [7, 11) is -3.92. The molecule has 2 aliphatic rings. The summed E-state index contributed by atoms with van der Waals surface area (Å²) in [6, 6.07) is 17.0. The number of nitrogens with one attached hydrogen (secondary N) is 1. The number of nitrogens with two attached hydrogens (primary N) is 1. The van der Waals surface area contributed by atoms with Crippen LogP contribution < -0.4 is 20.2 Å². The number of anilines is 2. The summed E-state index contributed by atoms with van der Waals surface area (Å²) >= 11 is 7.91. The Labute approximate surface area is 257 Å². The molecule has 1 fully saturated rings. The van der Waals surface area contributed by atoms with Gasteiger partial charge in [-0.25, -0.2) is 22.8 Å². The number of aromatic nitrogens is 1. The molecule has 3 N–H and O–H groups in total. The second kappa shape index (κ2) is 11.0. The number of primary sulfonamides is 1. The second-order valence-corrected chi connectivity index (χ2v) is 13.9. The van der Waals surface area contributed by atoms with Crippen LogP contribution in [-0.4, -0.2) is 36.0 Å². The van der Waals surface area contributed by atoms with Crippen molar-refractivity contribution in [1.29, 1.82) is 0 Å². The number of halogens is 2. The van der Waals surface area contributed by atoms with Gasteiger partial charge in [0.2, 0.25) is 27.7 Å². The summed E-state index contributed by atoms with van der Waals surface area (Å²) in [6.45, 7) is -0.412. The van der Waals surface area contributed by atoms with Crippen molar-refractivity contribution in [3.8, 4) is 0 Å². The van der Waals surface area contributed by atoms with Crippen molar-refractivity contribution in [1.82, 2.24) is 4.57 Å². The maximum Gasteiger partial charge on any atom is 0.308 e. The van der Waals surface area contributed by atoms with Crippen LogP contribution in [0.25, 0.3) is 0 Å². The van der Waals surface area contributed by atoms with Crippen molar-refractivity contribution >= 4 is 73.8 Å². The van der Waals surface area contributed by atoms with Crippen LogP contribution >= 0.6 is 34.7 Å². The smallest absolute Gasteiger partial charge is 0.308 e. The van der Waals surface area contributed by atoms with E-state index in [1.165, 1.54) is 53.1 Å². The van der Waals surface area contributed by atoms with E-state index in [1.54, 1.807) is 24.3 Å². The number of carbonyl (C=O) groups excluding carboxylic acids is 3. The molecule has 0 aliphatic carbocycles. The van der Waals surface area contributed by atoms with E-state index < -0.39 is 62.1 Å². The highest BCUT2D eigenvalue weighted by molar-refractivity contribution is 8.00. The number of carbonyl (C=O) groups is 3. The number of sulfonamides is 1. The lowest BCUT2D eigenvalue weighted by molar-refractivity contribution is -0.122. The van der Waals surface area contributed by atoms with Crippen LogP contribution in [0.2, 0.25) is 5.02 Å². The number of benzene rings is 3. The normalized spacial score (nSPS) is 19.7. The van der Waals surface area contributed by atoms with Crippen molar-refractivity contribution < 1.29 is 27.2 Å². The average Bonchev–Trinajstić information content (AvgIpc) is 3.40. The van der Waals surface area contributed by atoms with E-state index in [2.05, 4.69) is 5.32 Å². The molecule has 10 nitrogen and oxygen atoms in total. The minimum Gasteiger partial charge on any atom is -0.325 e. The number of fused-ring (bicyclic) bond motifs is 2. The predicted octanol–water partition coefficient (Wildman–Crippen LogP) is 3.78. The van der Waals surface area contributed by atoms with Crippen LogP contribution in [0.1, 0.15) is 16.4 Å². The van der Waals surface area contributed by atoms with Crippen LogP contribution in [0, 0.1) is 11.7 Å². The van der Waals surface area contributed by atoms with Crippen LogP contribution in [0.3, 0.4) is 0 Å². The van der Waals surface area contributed by atoms with E-state index >= 15 is 0 Å². The van der Waals surface area contributed by atoms with Gasteiger partial charge in [-0.1, -0.05) is 46.8 Å². The van der Waals surface area contributed by atoms with E-state index in [9.17, 15) is 32.0 Å². The van der Waals surface area contributed by atoms with Crippen molar-refractivity contribution in [2.45, 2.75) is 27.6 Å². The first-order valence-corrected chi connectivity index (χ1v) is 16.3. The lowest BCUT2D eigenvalue weighted by Gasteiger charge is -2.30. The van der Waals surface area contributed by atoms with Crippen LogP contribution in [0.15, 0.2) is 87.5 Å². The van der Waals surface area contributed by atoms with Crippen molar-refractivity contribution in [3.05, 3.63) is 104 Å². The Bertz CT molecular complexity index is 1940. The van der Waals surface area contributed by atoms with Crippen LogP contribution in [0.4, 0.5) is 15.8 Å². The molecule has 4 aromatic rings. The highest BCUT2D eigenvalue weighted by atomic mass is 35.5. The van der Waals surface area contributed by atoms with Crippen molar-refractivity contribution in [2.75, 3.05) is 10.2 Å². The van der Waals surface area contributed by atoms with Gasteiger partial charge in [0.25, 0.3) is 0 Å². The molecule has 3 amide bonds. The van der Waals surface area contributed by atoms with Gasteiger partial charge in [-0.05, 0) is 66.2 Å². The van der Waals surface area contributed by atoms with Gasteiger partial charge in [0.15, 0.2) is 0 Å². The molecule has 0 saturated carbocycles. The summed E-state index contributed by atoms with van der Waals surface area (Å²) in [5.41, 5.74) is 1.17. The van der Waals surface area contributed by atoms with Gasteiger partial charge in [-0.15, -0.1) is 0 Å². The minimum absolute atomic E-state index is 0.130. The Kier molecular flexibility index (Phi) is 7.50. The summed E-state index contributed by atoms with van der Waals surface area (Å²) in [5, 5.41) is 7.62. The quantitative estimate of drug-likeness (QED) is 0.300. The van der Waals surface area contributed by atoms with Gasteiger partial charge >= 0.3 is 4.87 Å². The maximum absolute atomic E-state index is 13.9. The molecule has 15 heteroatoms. The number of thioether (sulfide) groups is 1. The fourth-order valence-corrected chi connectivity index (χ4v) is 8.62. The molecule has 1 saturated heterocycles. The number of imide groups is 1. The van der Waals surface area contributed by atoms with Crippen LogP contribution in [-0.2, 0) is 31.0 Å². The zero-order valence-corrected chi connectivity index (χ0v) is 25.0. The number of hydrogen-bond acceptors (Lipinski definition) is 8. The highest BCUT2D eigenvalue weighted by Crippen LogP contribution is 2.53. The average molecular weight is 659 g/mol. The Balaban J connectivity index is 1.36. The topological polar surface area (TPSA) is 149 Å². The third-order valence-electron chi connectivity index (χ3n) is 7.13. The molecule has 3 heterocycles. The molecule has 6 rings (SSSR count). The van der Waals surface area contributed by atoms with Gasteiger partial charge in [0, 0.05) is 21.5 Å². The van der Waals surface area contributed by atoms with E-state index in [-0.39, 0.29) is 10.6 Å². The molecule has 0 radical (unpaired) electrons.